The number of phenols is 1. The van der Waals surface area contributed by atoms with Crippen molar-refractivity contribution in [2.75, 3.05) is 18.1 Å². The minimum atomic E-state index is -1.04. The molecule has 9 nitrogen and oxygen atoms in total. The first-order valence-electron chi connectivity index (χ1n) is 12.3. The largest absolute Gasteiger partial charge is 0.507 e. The number of nitrogens with one attached hydrogen (secondary N) is 1. The zero-order chi connectivity index (χ0) is 27.0. The number of para-hydroxylation sites is 2. The molecule has 1 fully saturated rings. The molecule has 5 rings (SSSR count). The molecule has 0 spiro atoms. The molecule has 3 N–H and O–H groups in total. The number of ketones is 1. The Morgan fingerprint density at radius 3 is 2.45 bits per heavy atom. The van der Waals surface area contributed by atoms with E-state index in [1.807, 2.05) is 32.0 Å². The summed E-state index contributed by atoms with van der Waals surface area (Å²) >= 11 is 0. The second kappa shape index (κ2) is 9.93. The van der Waals surface area contributed by atoms with Gasteiger partial charge in [0.05, 0.1) is 35.9 Å². The van der Waals surface area contributed by atoms with Crippen molar-refractivity contribution in [2.24, 2.45) is 0 Å². The summed E-state index contributed by atoms with van der Waals surface area (Å²) in [5.41, 5.74) is 2.78. The second-order valence-corrected chi connectivity index (χ2v) is 8.82. The van der Waals surface area contributed by atoms with Gasteiger partial charge in [-0.1, -0.05) is 18.2 Å². The van der Waals surface area contributed by atoms with E-state index in [4.69, 9.17) is 9.47 Å². The number of aliphatic hydroxyl groups is 1. The van der Waals surface area contributed by atoms with E-state index in [0.29, 0.717) is 41.1 Å². The molecule has 1 atom stereocenters. The first-order valence-corrected chi connectivity index (χ1v) is 12.3. The molecule has 1 aliphatic heterocycles. The van der Waals surface area contributed by atoms with Crippen LogP contribution in [0.1, 0.15) is 36.6 Å². The van der Waals surface area contributed by atoms with Gasteiger partial charge < -0.3 is 24.7 Å². The Labute approximate surface area is 219 Å². The highest BCUT2D eigenvalue weighted by Gasteiger charge is 2.48. The number of aromatic amines is 1. The number of aliphatic hydroxyl groups excluding tert-OH is 1. The van der Waals surface area contributed by atoms with Crippen LogP contribution in [-0.2, 0) is 9.59 Å². The number of nitrogens with zero attached hydrogens (tertiary/aromatic N) is 2. The van der Waals surface area contributed by atoms with Crippen LogP contribution in [0.4, 0.5) is 5.95 Å². The second-order valence-electron chi connectivity index (χ2n) is 8.82. The van der Waals surface area contributed by atoms with Gasteiger partial charge in [-0.3, -0.25) is 14.5 Å². The third kappa shape index (κ3) is 4.21. The molecule has 1 aliphatic rings. The van der Waals surface area contributed by atoms with Crippen molar-refractivity contribution in [3.8, 4) is 17.2 Å². The molecule has 1 amide bonds. The Hall–Kier alpha value is -4.79. The minimum absolute atomic E-state index is 0.0848. The maximum absolute atomic E-state index is 13.5. The Morgan fingerprint density at radius 1 is 1.00 bits per heavy atom. The summed E-state index contributed by atoms with van der Waals surface area (Å²) < 4.78 is 11.2. The van der Waals surface area contributed by atoms with Crippen LogP contribution in [0.25, 0.3) is 16.8 Å². The standard InChI is InChI=1S/C29H27N3O6/c1-4-37-22-13-11-18(14-16(22)3)26(34)24-25(17-10-12-21(33)23(15-17)38-5-2)32(28(36)27(24)35)29-30-19-8-6-7-9-20(19)31-29/h6-15,25,33-34H,4-5H2,1-3H3,(H,30,31)/b26-24+. The number of carbonyl (C=O) groups is 2. The van der Waals surface area contributed by atoms with Gasteiger partial charge >= 0.3 is 5.91 Å². The van der Waals surface area contributed by atoms with Crippen molar-refractivity contribution < 1.29 is 29.3 Å². The molecule has 4 aromatic rings. The SMILES string of the molecule is CCOc1ccc(/C(O)=C2\C(=O)C(=O)N(c3nc4ccccc4[nH]3)C2c2ccc(O)c(OCC)c2)cc1C. The lowest BCUT2D eigenvalue weighted by Gasteiger charge is -2.23. The number of fused-ring (bicyclic) bond motifs is 1. The van der Waals surface area contributed by atoms with Gasteiger partial charge in [0.15, 0.2) is 11.5 Å². The third-order valence-corrected chi connectivity index (χ3v) is 6.40. The average Bonchev–Trinajstić information content (AvgIpc) is 3.45. The zero-order valence-electron chi connectivity index (χ0n) is 21.2. The summed E-state index contributed by atoms with van der Waals surface area (Å²) in [5, 5.41) is 21.7. The highest BCUT2D eigenvalue weighted by molar-refractivity contribution is 6.51. The number of hydrogen-bond acceptors (Lipinski definition) is 7. The number of rotatable bonds is 7. The number of aromatic nitrogens is 2. The number of hydrogen-bond donors (Lipinski definition) is 3. The molecule has 0 saturated carbocycles. The number of phenolic OH excluding ortho intramolecular Hbond substituents is 1. The van der Waals surface area contributed by atoms with Crippen LogP contribution in [-0.4, -0.2) is 45.1 Å². The monoisotopic (exact) mass is 513 g/mol. The summed E-state index contributed by atoms with van der Waals surface area (Å²) in [4.78, 5) is 35.8. The molecule has 1 saturated heterocycles. The highest BCUT2D eigenvalue weighted by Crippen LogP contribution is 2.44. The van der Waals surface area contributed by atoms with Gasteiger partial charge in [-0.25, -0.2) is 4.98 Å². The number of aromatic hydroxyl groups is 1. The van der Waals surface area contributed by atoms with Crippen LogP contribution < -0.4 is 14.4 Å². The van der Waals surface area contributed by atoms with E-state index >= 15 is 0 Å². The molecule has 2 heterocycles. The number of anilines is 1. The van der Waals surface area contributed by atoms with E-state index in [9.17, 15) is 19.8 Å². The summed E-state index contributed by atoms with van der Waals surface area (Å²) in [5.74, 6) is -1.11. The molecule has 3 aromatic carbocycles. The van der Waals surface area contributed by atoms with Crippen molar-refractivity contribution in [1.29, 1.82) is 0 Å². The van der Waals surface area contributed by atoms with Crippen LogP contribution in [0.5, 0.6) is 17.2 Å². The molecule has 194 valence electrons. The minimum Gasteiger partial charge on any atom is -0.507 e. The highest BCUT2D eigenvalue weighted by atomic mass is 16.5. The molecule has 1 unspecified atom stereocenters. The maximum Gasteiger partial charge on any atom is 0.302 e. The molecule has 0 radical (unpaired) electrons. The third-order valence-electron chi connectivity index (χ3n) is 6.40. The van der Waals surface area contributed by atoms with Crippen LogP contribution in [0.15, 0.2) is 66.2 Å². The van der Waals surface area contributed by atoms with Gasteiger partial charge in [0.1, 0.15) is 11.5 Å². The van der Waals surface area contributed by atoms with Gasteiger partial charge in [-0.05, 0) is 74.4 Å². The van der Waals surface area contributed by atoms with Crippen LogP contribution in [0.3, 0.4) is 0 Å². The summed E-state index contributed by atoms with van der Waals surface area (Å²) in [7, 11) is 0. The van der Waals surface area contributed by atoms with Crippen molar-refractivity contribution in [1.82, 2.24) is 9.97 Å². The Kier molecular flexibility index (Phi) is 6.50. The predicted octanol–water partition coefficient (Wildman–Crippen LogP) is 5.00. The quantitative estimate of drug-likeness (QED) is 0.180. The molecule has 38 heavy (non-hydrogen) atoms. The molecule has 9 heteroatoms. The van der Waals surface area contributed by atoms with Crippen molar-refractivity contribution in [3.05, 3.63) is 82.9 Å². The molecule has 0 bridgehead atoms. The zero-order valence-corrected chi connectivity index (χ0v) is 21.2. The molecule has 0 aliphatic carbocycles. The topological polar surface area (TPSA) is 125 Å². The lowest BCUT2D eigenvalue weighted by Crippen LogP contribution is -2.30. The fourth-order valence-corrected chi connectivity index (χ4v) is 4.66. The Balaban J connectivity index is 1.72. The number of carbonyl (C=O) groups excluding carboxylic acids is 2. The average molecular weight is 514 g/mol. The fraction of sp³-hybridized carbons (Fsp3) is 0.207. The van der Waals surface area contributed by atoms with Crippen molar-refractivity contribution >= 4 is 34.4 Å². The number of H-pyrrole nitrogens is 1. The van der Waals surface area contributed by atoms with E-state index in [1.165, 1.54) is 11.0 Å². The van der Waals surface area contributed by atoms with Gasteiger partial charge in [0, 0.05) is 5.56 Å². The number of aryl methyl sites for hydroxylation is 1. The number of benzene rings is 3. The lowest BCUT2D eigenvalue weighted by atomic mass is 9.94. The van der Waals surface area contributed by atoms with Crippen LogP contribution >= 0.6 is 0 Å². The van der Waals surface area contributed by atoms with Crippen LogP contribution in [0, 0.1) is 6.92 Å². The van der Waals surface area contributed by atoms with E-state index in [1.54, 1.807) is 43.3 Å². The first-order chi connectivity index (χ1) is 18.3. The van der Waals surface area contributed by atoms with E-state index in [2.05, 4.69) is 9.97 Å². The fourth-order valence-electron chi connectivity index (χ4n) is 4.66. The molecular weight excluding hydrogens is 486 g/mol. The molecule has 1 aromatic heterocycles. The lowest BCUT2D eigenvalue weighted by molar-refractivity contribution is -0.132. The summed E-state index contributed by atoms with van der Waals surface area (Å²) in [6, 6.07) is 15.8. The molecular formula is C29H27N3O6. The Morgan fingerprint density at radius 2 is 1.74 bits per heavy atom. The number of amides is 1. The number of Topliss-reactive ketones (excluding diaryl/α,β-unsaturated/α-hetero) is 1. The van der Waals surface area contributed by atoms with Gasteiger partial charge in [0.2, 0.25) is 5.95 Å². The van der Waals surface area contributed by atoms with Crippen molar-refractivity contribution in [3.63, 3.8) is 0 Å². The Bertz CT molecular complexity index is 1560. The predicted molar refractivity (Wildman–Crippen MR) is 143 cm³/mol. The van der Waals surface area contributed by atoms with Gasteiger partial charge in [-0.15, -0.1) is 0 Å². The van der Waals surface area contributed by atoms with E-state index in [-0.39, 0.29) is 28.8 Å². The number of ether oxygens (including phenoxy) is 2. The van der Waals surface area contributed by atoms with E-state index < -0.39 is 17.7 Å². The van der Waals surface area contributed by atoms with E-state index in [0.717, 1.165) is 5.56 Å². The van der Waals surface area contributed by atoms with Crippen LogP contribution in [0.2, 0.25) is 0 Å². The van der Waals surface area contributed by atoms with Crippen molar-refractivity contribution in [2.45, 2.75) is 26.8 Å². The maximum atomic E-state index is 13.5. The smallest absolute Gasteiger partial charge is 0.302 e. The summed E-state index contributed by atoms with van der Waals surface area (Å²) in [6.07, 6.45) is 0. The number of imidazole rings is 1. The normalized spacial score (nSPS) is 16.8. The van der Waals surface area contributed by atoms with Gasteiger partial charge in [0.25, 0.3) is 5.78 Å². The first kappa shape index (κ1) is 24.9. The summed E-state index contributed by atoms with van der Waals surface area (Å²) in [6.45, 7) is 6.27. The van der Waals surface area contributed by atoms with Gasteiger partial charge in [-0.2, -0.15) is 0 Å².